The van der Waals surface area contributed by atoms with E-state index in [1.54, 1.807) is 49.4 Å². The summed E-state index contributed by atoms with van der Waals surface area (Å²) in [5, 5.41) is 0.362. The third-order valence-electron chi connectivity index (χ3n) is 4.46. The molecule has 0 radical (unpaired) electrons. The molecule has 1 fully saturated rings. The van der Waals surface area contributed by atoms with Crippen molar-refractivity contribution in [3.63, 3.8) is 0 Å². The van der Waals surface area contributed by atoms with Crippen LogP contribution in [0.1, 0.15) is 12.5 Å². The molecule has 34 heavy (non-hydrogen) atoms. The number of carbonyl (C=O) groups excluding carboxylic acids is 3. The van der Waals surface area contributed by atoms with Crippen LogP contribution >= 0.6 is 35.0 Å². The first-order valence-corrected chi connectivity index (χ1v) is 11.7. The summed E-state index contributed by atoms with van der Waals surface area (Å²) in [6.45, 7) is 1.99. The third kappa shape index (κ3) is 6.59. The van der Waals surface area contributed by atoms with Crippen molar-refractivity contribution in [3.05, 3.63) is 56.9 Å². The Kier molecular flexibility index (Phi) is 9.09. The number of hydrogen-bond acceptors (Lipinski definition) is 8. The zero-order chi connectivity index (χ0) is 24.7. The van der Waals surface area contributed by atoms with Gasteiger partial charge in [0.15, 0.2) is 18.1 Å². The van der Waals surface area contributed by atoms with E-state index < -0.39 is 17.1 Å². The minimum atomic E-state index is -0.573. The second kappa shape index (κ2) is 12.0. The number of imide groups is 1. The molecule has 3 rings (SSSR count). The van der Waals surface area contributed by atoms with E-state index >= 15 is 0 Å². The van der Waals surface area contributed by atoms with Gasteiger partial charge in [0.25, 0.3) is 11.1 Å². The van der Waals surface area contributed by atoms with Crippen molar-refractivity contribution in [1.29, 1.82) is 0 Å². The first-order valence-electron chi connectivity index (χ1n) is 10.1. The van der Waals surface area contributed by atoms with Gasteiger partial charge in [-0.15, -0.1) is 0 Å². The van der Waals surface area contributed by atoms with Gasteiger partial charge in [-0.3, -0.25) is 14.5 Å². The van der Waals surface area contributed by atoms with Crippen LogP contribution in [-0.2, 0) is 14.3 Å². The highest BCUT2D eigenvalue weighted by Crippen LogP contribution is 2.39. The molecule has 0 aromatic heterocycles. The van der Waals surface area contributed by atoms with E-state index in [1.165, 1.54) is 7.11 Å². The molecule has 0 bridgehead atoms. The summed E-state index contributed by atoms with van der Waals surface area (Å²) in [4.78, 5) is 37.9. The van der Waals surface area contributed by atoms with Crippen molar-refractivity contribution in [1.82, 2.24) is 4.90 Å². The van der Waals surface area contributed by atoms with E-state index in [-0.39, 0.29) is 35.4 Å². The lowest BCUT2D eigenvalue weighted by Gasteiger charge is -2.14. The Morgan fingerprint density at radius 3 is 2.50 bits per heavy atom. The Balaban J connectivity index is 1.71. The molecule has 0 saturated carbocycles. The second-order valence-electron chi connectivity index (χ2n) is 6.76. The standard InChI is InChI=1S/C23H21Cl2NO7S/c1-3-31-18-11-14(10-17(25)21(18)33-13-20(27)30-2)12-19-22(28)26(23(29)34-19)8-9-32-16-6-4-15(24)5-7-16/h4-7,10-12H,3,8-9,13H2,1-2H3/b19-12-. The molecule has 11 heteroatoms. The molecule has 8 nitrogen and oxygen atoms in total. The zero-order valence-corrected chi connectivity index (χ0v) is 20.7. The fourth-order valence-corrected chi connectivity index (χ4v) is 4.16. The van der Waals surface area contributed by atoms with Crippen molar-refractivity contribution in [2.24, 2.45) is 0 Å². The van der Waals surface area contributed by atoms with Crippen LogP contribution in [0.25, 0.3) is 6.08 Å². The van der Waals surface area contributed by atoms with Gasteiger partial charge in [-0.2, -0.15) is 0 Å². The largest absolute Gasteiger partial charge is 0.492 e. The maximum absolute atomic E-state index is 12.8. The number of halogens is 2. The first kappa shape index (κ1) is 25.7. The first-order chi connectivity index (χ1) is 16.3. The average molecular weight is 526 g/mol. The zero-order valence-electron chi connectivity index (χ0n) is 18.3. The number of esters is 1. The molecule has 2 aromatic rings. The van der Waals surface area contributed by atoms with Crippen molar-refractivity contribution >= 4 is 58.2 Å². The minimum absolute atomic E-state index is 0.0931. The Morgan fingerprint density at radius 1 is 1.09 bits per heavy atom. The summed E-state index contributed by atoms with van der Waals surface area (Å²) in [5.74, 6) is 0.0462. The Bertz CT molecular complexity index is 1110. The predicted octanol–water partition coefficient (Wildman–Crippen LogP) is 5.06. The van der Waals surface area contributed by atoms with Gasteiger partial charge in [0, 0.05) is 5.02 Å². The number of nitrogens with zero attached hydrogens (tertiary/aromatic N) is 1. The predicted molar refractivity (Wildman–Crippen MR) is 130 cm³/mol. The SMILES string of the molecule is CCOc1cc(/C=C2\SC(=O)N(CCOc3ccc(Cl)cc3)C2=O)cc(Cl)c1OCC(=O)OC. The lowest BCUT2D eigenvalue weighted by molar-refractivity contribution is -0.142. The van der Waals surface area contributed by atoms with Crippen molar-refractivity contribution < 1.29 is 33.3 Å². The number of methoxy groups -OCH3 is 1. The molecule has 0 spiro atoms. The van der Waals surface area contributed by atoms with Crippen molar-refractivity contribution in [3.8, 4) is 17.2 Å². The van der Waals surface area contributed by atoms with Crippen LogP contribution in [-0.4, -0.2) is 55.5 Å². The smallest absolute Gasteiger partial charge is 0.343 e. The lowest BCUT2D eigenvalue weighted by atomic mass is 10.1. The van der Waals surface area contributed by atoms with Gasteiger partial charge >= 0.3 is 5.97 Å². The maximum atomic E-state index is 12.8. The molecule has 1 aliphatic rings. The van der Waals surface area contributed by atoms with Gasteiger partial charge in [0.2, 0.25) is 0 Å². The van der Waals surface area contributed by atoms with E-state index in [4.69, 9.17) is 37.4 Å². The summed E-state index contributed by atoms with van der Waals surface area (Å²) in [7, 11) is 1.25. The van der Waals surface area contributed by atoms with Gasteiger partial charge in [0.1, 0.15) is 12.4 Å². The Hall–Kier alpha value is -2.88. The van der Waals surface area contributed by atoms with E-state index in [0.29, 0.717) is 28.7 Å². The van der Waals surface area contributed by atoms with Gasteiger partial charge in [0.05, 0.1) is 30.2 Å². The Morgan fingerprint density at radius 2 is 1.82 bits per heavy atom. The fraction of sp³-hybridized carbons (Fsp3) is 0.261. The van der Waals surface area contributed by atoms with E-state index in [2.05, 4.69) is 4.74 Å². The molecule has 2 amide bonds. The number of hydrogen-bond donors (Lipinski definition) is 0. The van der Waals surface area contributed by atoms with Crippen LogP contribution < -0.4 is 14.2 Å². The number of carbonyl (C=O) groups is 3. The molecule has 0 N–H and O–H groups in total. The van der Waals surface area contributed by atoms with Crippen LogP contribution in [0.5, 0.6) is 17.2 Å². The van der Waals surface area contributed by atoms with Gasteiger partial charge in [-0.1, -0.05) is 23.2 Å². The average Bonchev–Trinajstić information content (AvgIpc) is 3.07. The summed E-state index contributed by atoms with van der Waals surface area (Å²) in [6, 6.07) is 9.94. The third-order valence-corrected chi connectivity index (χ3v) is 5.90. The summed E-state index contributed by atoms with van der Waals surface area (Å²) in [5.41, 5.74) is 0.529. The summed E-state index contributed by atoms with van der Waals surface area (Å²) < 4.78 is 21.2. The molecule has 0 unspecified atom stereocenters. The highest BCUT2D eigenvalue weighted by atomic mass is 35.5. The number of ether oxygens (including phenoxy) is 4. The summed E-state index contributed by atoms with van der Waals surface area (Å²) >= 11 is 13.0. The maximum Gasteiger partial charge on any atom is 0.343 e. The van der Waals surface area contributed by atoms with Crippen molar-refractivity contribution in [2.45, 2.75) is 6.92 Å². The van der Waals surface area contributed by atoms with Crippen LogP contribution in [0.3, 0.4) is 0 Å². The quantitative estimate of drug-likeness (QED) is 0.314. The highest BCUT2D eigenvalue weighted by Gasteiger charge is 2.35. The van der Waals surface area contributed by atoms with Gasteiger partial charge in [-0.25, -0.2) is 4.79 Å². The fourth-order valence-electron chi connectivity index (χ4n) is 2.89. The minimum Gasteiger partial charge on any atom is -0.492 e. The Labute approximate surface area is 210 Å². The highest BCUT2D eigenvalue weighted by molar-refractivity contribution is 8.18. The second-order valence-corrected chi connectivity index (χ2v) is 8.60. The van der Waals surface area contributed by atoms with Crippen LogP contribution in [0.4, 0.5) is 4.79 Å². The summed E-state index contributed by atoms with van der Waals surface area (Å²) in [6.07, 6.45) is 1.55. The van der Waals surface area contributed by atoms with E-state index in [1.807, 2.05) is 0 Å². The molecule has 1 aliphatic heterocycles. The number of benzene rings is 2. The molecule has 180 valence electrons. The topological polar surface area (TPSA) is 91.4 Å². The molecule has 0 atom stereocenters. The van der Waals surface area contributed by atoms with Crippen LogP contribution in [0, 0.1) is 0 Å². The number of rotatable bonds is 10. The number of amides is 2. The van der Waals surface area contributed by atoms with Gasteiger partial charge in [-0.05, 0) is 66.7 Å². The van der Waals surface area contributed by atoms with E-state index in [0.717, 1.165) is 16.7 Å². The van der Waals surface area contributed by atoms with Crippen molar-refractivity contribution in [2.75, 3.05) is 33.5 Å². The van der Waals surface area contributed by atoms with Crippen LogP contribution in [0.2, 0.25) is 10.0 Å². The molecule has 1 saturated heterocycles. The molecule has 0 aliphatic carbocycles. The molecule has 1 heterocycles. The normalized spacial score (nSPS) is 14.5. The lowest BCUT2D eigenvalue weighted by Crippen LogP contribution is -2.32. The molecular formula is C23H21Cl2NO7S. The van der Waals surface area contributed by atoms with E-state index in [9.17, 15) is 14.4 Å². The molecular weight excluding hydrogens is 505 g/mol. The van der Waals surface area contributed by atoms with Crippen LogP contribution in [0.15, 0.2) is 41.3 Å². The number of thioether (sulfide) groups is 1. The monoisotopic (exact) mass is 525 g/mol. The molecule has 2 aromatic carbocycles. The van der Waals surface area contributed by atoms with Gasteiger partial charge < -0.3 is 18.9 Å².